The zero-order valence-corrected chi connectivity index (χ0v) is 21.3. The van der Waals surface area contributed by atoms with Crippen molar-refractivity contribution in [1.29, 1.82) is 0 Å². The first-order chi connectivity index (χ1) is 14.2. The molecule has 8 nitrogen and oxygen atoms in total. The number of hydrogen-bond donors (Lipinski definition) is 4. The fourth-order valence-electron chi connectivity index (χ4n) is 2.21. The monoisotopic (exact) mass is 461 g/mol. The Morgan fingerprint density at radius 1 is 0.839 bits per heavy atom. The number of carbonyl (C=O) groups excluding carboxylic acids is 3. The van der Waals surface area contributed by atoms with E-state index in [-0.39, 0.29) is 42.0 Å². The van der Waals surface area contributed by atoms with Gasteiger partial charge in [-0.05, 0) is 16.6 Å². The van der Waals surface area contributed by atoms with Crippen LogP contribution in [-0.4, -0.2) is 59.4 Å². The van der Waals surface area contributed by atoms with Crippen molar-refractivity contribution in [3.05, 3.63) is 0 Å². The number of thioether (sulfide) groups is 1. The molecule has 182 valence electrons. The molecule has 0 aromatic heterocycles. The number of aliphatic carboxylic acids is 1. The predicted octanol–water partition coefficient (Wildman–Crippen LogP) is 2.81. The Labute approximate surface area is 192 Å². The van der Waals surface area contributed by atoms with Gasteiger partial charge in [-0.1, -0.05) is 55.4 Å². The number of carboxylic acid groups (broad SMARTS) is 1. The van der Waals surface area contributed by atoms with Crippen molar-refractivity contribution < 1.29 is 24.3 Å². The van der Waals surface area contributed by atoms with E-state index in [4.69, 9.17) is 5.11 Å². The lowest BCUT2D eigenvalue weighted by atomic mass is 9.92. The summed E-state index contributed by atoms with van der Waals surface area (Å²) in [4.78, 5) is 46.9. The third-order valence-electron chi connectivity index (χ3n) is 3.47. The summed E-state index contributed by atoms with van der Waals surface area (Å²) < 4.78 is 0. The van der Waals surface area contributed by atoms with Gasteiger partial charge in [0.1, 0.15) is 6.04 Å². The number of carbonyl (C=O) groups is 4. The van der Waals surface area contributed by atoms with E-state index in [9.17, 15) is 19.2 Å². The summed E-state index contributed by atoms with van der Waals surface area (Å²) in [5.74, 6) is -0.758. The largest absolute Gasteiger partial charge is 0.481 e. The summed E-state index contributed by atoms with van der Waals surface area (Å²) in [6.07, 6.45) is -0.0618. The van der Waals surface area contributed by atoms with E-state index < -0.39 is 17.9 Å². The number of carboxylic acids is 1. The van der Waals surface area contributed by atoms with Gasteiger partial charge in [0, 0.05) is 31.7 Å². The van der Waals surface area contributed by atoms with Gasteiger partial charge in [0.05, 0.1) is 6.42 Å². The van der Waals surface area contributed by atoms with Crippen LogP contribution in [0.5, 0.6) is 0 Å². The number of amides is 3. The van der Waals surface area contributed by atoms with E-state index in [1.165, 1.54) is 0 Å². The third kappa shape index (κ3) is 21.3. The highest BCUT2D eigenvalue weighted by Crippen LogP contribution is 2.21. The summed E-state index contributed by atoms with van der Waals surface area (Å²) in [7, 11) is 0. The van der Waals surface area contributed by atoms with Gasteiger partial charge in [-0.2, -0.15) is 11.8 Å². The lowest BCUT2D eigenvalue weighted by Crippen LogP contribution is -2.49. The minimum atomic E-state index is -1.06. The highest BCUT2D eigenvalue weighted by atomic mass is 32.2. The zero-order valence-electron chi connectivity index (χ0n) is 20.5. The van der Waals surface area contributed by atoms with Crippen molar-refractivity contribution in [1.82, 2.24) is 16.0 Å². The van der Waals surface area contributed by atoms with Crippen LogP contribution in [0.25, 0.3) is 0 Å². The van der Waals surface area contributed by atoms with Crippen molar-refractivity contribution in [2.75, 3.05) is 24.6 Å². The molecule has 0 aromatic carbocycles. The second-order valence-corrected chi connectivity index (χ2v) is 10.5. The highest BCUT2D eigenvalue weighted by molar-refractivity contribution is 7.99. The maximum atomic E-state index is 12.5. The van der Waals surface area contributed by atoms with Crippen LogP contribution in [0, 0.1) is 10.8 Å². The average Bonchev–Trinajstić information content (AvgIpc) is 2.61. The van der Waals surface area contributed by atoms with Crippen molar-refractivity contribution in [2.45, 2.75) is 80.7 Å². The van der Waals surface area contributed by atoms with E-state index >= 15 is 0 Å². The SMILES string of the molecule is CC.CC(C)(C)CSC[C@H](NC(=O)CCC(=O)O)C(=O)NCCNC(=O)CC(C)(C)C. The van der Waals surface area contributed by atoms with E-state index in [1.54, 1.807) is 11.8 Å². The van der Waals surface area contributed by atoms with Gasteiger partial charge in [-0.25, -0.2) is 0 Å². The van der Waals surface area contributed by atoms with Gasteiger partial charge in [-0.15, -0.1) is 0 Å². The molecule has 3 amide bonds. The molecule has 0 bridgehead atoms. The molecule has 0 aliphatic heterocycles. The Morgan fingerprint density at radius 2 is 1.39 bits per heavy atom. The molecule has 0 radical (unpaired) electrons. The Hall–Kier alpha value is -1.77. The first kappa shape index (κ1) is 31.4. The minimum absolute atomic E-state index is 0.0778. The molecule has 0 saturated carbocycles. The van der Waals surface area contributed by atoms with Gasteiger partial charge >= 0.3 is 5.97 Å². The quantitative estimate of drug-likeness (QED) is 0.331. The molecular formula is C22H43N3O5S. The normalized spacial score (nSPS) is 12.1. The van der Waals surface area contributed by atoms with E-state index in [0.29, 0.717) is 18.7 Å². The van der Waals surface area contributed by atoms with E-state index in [0.717, 1.165) is 5.75 Å². The Kier molecular flexibility index (Phi) is 16.2. The van der Waals surface area contributed by atoms with Crippen molar-refractivity contribution >= 4 is 35.5 Å². The Bertz CT molecular complexity index is 568. The molecule has 31 heavy (non-hydrogen) atoms. The van der Waals surface area contributed by atoms with Crippen molar-refractivity contribution in [2.24, 2.45) is 10.8 Å². The van der Waals surface area contributed by atoms with Crippen LogP contribution in [0.2, 0.25) is 0 Å². The fraction of sp³-hybridized carbons (Fsp3) is 0.818. The second-order valence-electron chi connectivity index (χ2n) is 9.47. The van der Waals surface area contributed by atoms with Gasteiger partial charge < -0.3 is 21.1 Å². The molecule has 0 fully saturated rings. The molecule has 0 aromatic rings. The van der Waals surface area contributed by atoms with Crippen molar-refractivity contribution in [3.63, 3.8) is 0 Å². The number of hydrogen-bond acceptors (Lipinski definition) is 5. The lowest BCUT2D eigenvalue weighted by Gasteiger charge is -2.22. The molecule has 0 unspecified atom stereocenters. The molecule has 0 heterocycles. The molecule has 0 aliphatic carbocycles. The van der Waals surface area contributed by atoms with Crippen LogP contribution >= 0.6 is 11.8 Å². The van der Waals surface area contributed by atoms with Crippen molar-refractivity contribution in [3.8, 4) is 0 Å². The van der Waals surface area contributed by atoms with Crippen LogP contribution in [0.15, 0.2) is 0 Å². The molecule has 0 rings (SSSR count). The molecule has 0 aliphatic rings. The van der Waals surface area contributed by atoms with Gasteiger partial charge in [0.25, 0.3) is 0 Å². The van der Waals surface area contributed by atoms with E-state index in [2.05, 4.69) is 36.7 Å². The first-order valence-corrected chi connectivity index (χ1v) is 12.0. The van der Waals surface area contributed by atoms with Crippen LogP contribution in [0.1, 0.15) is 74.7 Å². The fourth-order valence-corrected chi connectivity index (χ4v) is 3.41. The van der Waals surface area contributed by atoms with Crippen LogP contribution in [0.3, 0.4) is 0 Å². The van der Waals surface area contributed by atoms with E-state index in [1.807, 2.05) is 34.6 Å². The third-order valence-corrected chi connectivity index (χ3v) is 5.11. The topological polar surface area (TPSA) is 125 Å². The molecular weight excluding hydrogens is 418 g/mol. The Balaban J connectivity index is 0. The summed E-state index contributed by atoms with van der Waals surface area (Å²) in [5.41, 5.74) is -0.0285. The van der Waals surface area contributed by atoms with Gasteiger partial charge in [-0.3, -0.25) is 19.2 Å². The molecule has 0 saturated heterocycles. The van der Waals surface area contributed by atoms with Gasteiger partial charge in [0.2, 0.25) is 17.7 Å². The molecule has 9 heteroatoms. The zero-order chi connectivity index (χ0) is 24.7. The van der Waals surface area contributed by atoms with Crippen LogP contribution in [-0.2, 0) is 19.2 Å². The standard InChI is InChI=1S/C20H37N3O5S.C2H6/c1-19(2,3)11-16(25)21-9-10-22-18(28)14(12-29-13-20(4,5)6)23-15(24)7-8-17(26)27;1-2/h14H,7-13H2,1-6H3,(H,21,25)(H,22,28)(H,23,24)(H,26,27);1-2H3/t14-;/m0./s1. The summed E-state index contributed by atoms with van der Waals surface area (Å²) in [5, 5.41) is 16.8. The minimum Gasteiger partial charge on any atom is -0.481 e. The van der Waals surface area contributed by atoms with Crippen LogP contribution < -0.4 is 16.0 Å². The molecule has 1 atom stereocenters. The number of rotatable bonds is 12. The smallest absolute Gasteiger partial charge is 0.303 e. The molecule has 4 N–H and O–H groups in total. The number of nitrogens with one attached hydrogen (secondary N) is 3. The summed E-state index contributed by atoms with van der Waals surface area (Å²) in [6.45, 7) is 16.7. The maximum absolute atomic E-state index is 12.5. The summed E-state index contributed by atoms with van der Waals surface area (Å²) >= 11 is 1.55. The predicted molar refractivity (Wildman–Crippen MR) is 127 cm³/mol. The first-order valence-electron chi connectivity index (χ1n) is 10.8. The second kappa shape index (κ2) is 15.9. The van der Waals surface area contributed by atoms with Gasteiger partial charge in [0.15, 0.2) is 0 Å². The maximum Gasteiger partial charge on any atom is 0.303 e. The van der Waals surface area contributed by atoms with Crippen LogP contribution in [0.4, 0.5) is 0 Å². The average molecular weight is 462 g/mol. The molecule has 0 spiro atoms. The lowest BCUT2D eigenvalue weighted by molar-refractivity contribution is -0.139. The summed E-state index contributed by atoms with van der Waals surface area (Å²) in [6, 6.07) is -0.756. The Morgan fingerprint density at radius 3 is 1.87 bits per heavy atom. The highest BCUT2D eigenvalue weighted by Gasteiger charge is 2.22.